The van der Waals surface area contributed by atoms with E-state index in [0.717, 1.165) is 69.7 Å². The minimum Gasteiger partial charge on any atom is -0.444 e. The maximum Gasteiger partial charge on any atom is 0.410 e. The molecule has 4 heterocycles. The Labute approximate surface area is 261 Å². The Bertz CT molecular complexity index is 1500. The number of aromatic nitrogens is 1. The van der Waals surface area contributed by atoms with E-state index in [0.29, 0.717) is 30.7 Å². The molecule has 1 aromatic heterocycles. The molecule has 44 heavy (non-hydrogen) atoms. The van der Waals surface area contributed by atoms with Gasteiger partial charge in [0.05, 0.1) is 11.1 Å². The van der Waals surface area contributed by atoms with Crippen molar-refractivity contribution >= 4 is 28.4 Å². The second kappa shape index (κ2) is 12.6. The summed E-state index contributed by atoms with van der Waals surface area (Å²) < 4.78 is 5.54. The SMILES string of the molecule is CC1CN(c2ccc(C#N)c3ncccc23)CC2CN(CCc3ccc(N4CCN(C(=O)OC(C)(C)C)CC4)cc3)CCN12. The number of rotatable bonds is 5. The largest absolute Gasteiger partial charge is 0.444 e. The van der Waals surface area contributed by atoms with Crippen molar-refractivity contribution in [1.82, 2.24) is 19.7 Å². The fourth-order valence-electron chi connectivity index (χ4n) is 6.99. The first-order valence-electron chi connectivity index (χ1n) is 16.0. The lowest BCUT2D eigenvalue weighted by Crippen LogP contribution is -2.65. The van der Waals surface area contributed by atoms with E-state index in [2.05, 4.69) is 74.0 Å². The first-order valence-corrected chi connectivity index (χ1v) is 16.0. The lowest BCUT2D eigenvalue weighted by atomic mass is 10.0. The van der Waals surface area contributed by atoms with Gasteiger partial charge in [-0.1, -0.05) is 12.1 Å². The quantitative estimate of drug-likeness (QED) is 0.424. The summed E-state index contributed by atoms with van der Waals surface area (Å²) in [4.78, 5) is 28.9. The Hall–Kier alpha value is -3.87. The van der Waals surface area contributed by atoms with Gasteiger partial charge < -0.3 is 24.3 Å². The normalized spacial score (nSPS) is 21.7. The standard InChI is InChI=1S/C35H45N7O2/c1-26-23-41(32-12-9-28(22-36)33-31(32)6-5-14-37-33)25-30-24-38(16-21-42(26)30)15-13-27-7-10-29(11-8-27)39-17-19-40(20-18-39)34(43)44-35(2,3)4/h5-12,14,26,30H,13,15-21,23-25H2,1-4H3. The number of ether oxygens (including phenoxy) is 1. The third-order valence-corrected chi connectivity index (χ3v) is 9.25. The van der Waals surface area contributed by atoms with Crippen molar-refractivity contribution < 1.29 is 9.53 Å². The molecule has 1 amide bonds. The van der Waals surface area contributed by atoms with Crippen LogP contribution in [0.2, 0.25) is 0 Å². The van der Waals surface area contributed by atoms with Crippen LogP contribution < -0.4 is 9.80 Å². The van der Waals surface area contributed by atoms with E-state index in [1.54, 1.807) is 6.20 Å². The van der Waals surface area contributed by atoms with Crippen molar-refractivity contribution in [1.29, 1.82) is 5.26 Å². The summed E-state index contributed by atoms with van der Waals surface area (Å²) in [6.07, 6.45) is 2.59. The Kier molecular flexibility index (Phi) is 8.66. The highest BCUT2D eigenvalue weighted by atomic mass is 16.6. The molecule has 3 aliphatic rings. The van der Waals surface area contributed by atoms with Crippen molar-refractivity contribution in [3.05, 3.63) is 65.9 Å². The Morgan fingerprint density at radius 3 is 2.45 bits per heavy atom. The average molecular weight is 596 g/mol. The minimum atomic E-state index is -0.466. The fourth-order valence-corrected chi connectivity index (χ4v) is 6.99. The van der Waals surface area contributed by atoms with Crippen LogP contribution in [0.5, 0.6) is 0 Å². The van der Waals surface area contributed by atoms with Gasteiger partial charge in [-0.3, -0.25) is 9.88 Å². The number of pyridine rings is 1. The van der Waals surface area contributed by atoms with Gasteiger partial charge in [-0.05, 0) is 76.1 Å². The lowest BCUT2D eigenvalue weighted by Gasteiger charge is -2.51. The first-order chi connectivity index (χ1) is 21.2. The van der Waals surface area contributed by atoms with Crippen molar-refractivity contribution in [3.63, 3.8) is 0 Å². The molecule has 2 aromatic carbocycles. The van der Waals surface area contributed by atoms with E-state index in [9.17, 15) is 10.1 Å². The van der Waals surface area contributed by atoms with Gasteiger partial charge in [0.2, 0.25) is 0 Å². The molecule has 6 rings (SSSR count). The van der Waals surface area contributed by atoms with E-state index in [1.165, 1.54) is 16.9 Å². The summed E-state index contributed by atoms with van der Waals surface area (Å²) in [7, 11) is 0. The number of nitrogens with zero attached hydrogens (tertiary/aromatic N) is 7. The van der Waals surface area contributed by atoms with Gasteiger partial charge >= 0.3 is 6.09 Å². The summed E-state index contributed by atoms with van der Waals surface area (Å²) in [6, 6.07) is 20.3. The van der Waals surface area contributed by atoms with Crippen LogP contribution in [0.1, 0.15) is 38.8 Å². The number of piperazine rings is 3. The summed E-state index contributed by atoms with van der Waals surface area (Å²) in [5.41, 5.74) is 4.72. The van der Waals surface area contributed by atoms with Crippen LogP contribution in [0.15, 0.2) is 54.7 Å². The zero-order valence-corrected chi connectivity index (χ0v) is 26.6. The van der Waals surface area contributed by atoms with Crippen LogP contribution in [-0.2, 0) is 11.2 Å². The molecule has 3 saturated heterocycles. The van der Waals surface area contributed by atoms with Gasteiger partial charge in [0, 0.05) is 100 Å². The van der Waals surface area contributed by atoms with Crippen LogP contribution in [0.4, 0.5) is 16.2 Å². The third kappa shape index (κ3) is 6.62. The highest BCUT2D eigenvalue weighted by molar-refractivity contribution is 5.95. The minimum absolute atomic E-state index is 0.219. The van der Waals surface area contributed by atoms with Gasteiger partial charge in [-0.2, -0.15) is 5.26 Å². The topological polar surface area (TPSA) is 79.2 Å². The monoisotopic (exact) mass is 595 g/mol. The number of carbonyl (C=O) groups excluding carboxylic acids is 1. The lowest BCUT2D eigenvalue weighted by molar-refractivity contribution is 0.0240. The predicted octanol–water partition coefficient (Wildman–Crippen LogP) is 4.60. The maximum atomic E-state index is 12.4. The highest BCUT2D eigenvalue weighted by Gasteiger charge is 2.36. The number of benzene rings is 2. The average Bonchev–Trinajstić information content (AvgIpc) is 3.02. The maximum absolute atomic E-state index is 12.4. The Morgan fingerprint density at radius 2 is 1.73 bits per heavy atom. The number of hydrogen-bond donors (Lipinski definition) is 0. The molecule has 3 aromatic rings. The van der Waals surface area contributed by atoms with Crippen LogP contribution in [0.3, 0.4) is 0 Å². The number of anilines is 2. The number of carbonyl (C=O) groups is 1. The number of fused-ring (bicyclic) bond motifs is 2. The molecule has 0 N–H and O–H groups in total. The third-order valence-electron chi connectivity index (χ3n) is 9.25. The van der Waals surface area contributed by atoms with Crippen LogP contribution in [0.25, 0.3) is 10.9 Å². The Balaban J connectivity index is 1.02. The number of hydrogen-bond acceptors (Lipinski definition) is 8. The van der Waals surface area contributed by atoms with E-state index >= 15 is 0 Å². The van der Waals surface area contributed by atoms with Crippen molar-refractivity contribution in [2.45, 2.75) is 51.8 Å². The van der Waals surface area contributed by atoms with E-state index in [1.807, 2.05) is 37.8 Å². The molecular formula is C35H45N7O2. The van der Waals surface area contributed by atoms with E-state index in [-0.39, 0.29) is 6.09 Å². The molecule has 2 atom stereocenters. The Morgan fingerprint density at radius 1 is 0.955 bits per heavy atom. The molecule has 0 aliphatic carbocycles. The molecule has 9 heteroatoms. The van der Waals surface area contributed by atoms with E-state index in [4.69, 9.17) is 4.74 Å². The molecule has 9 nitrogen and oxygen atoms in total. The molecule has 0 bridgehead atoms. The predicted molar refractivity (Wildman–Crippen MR) is 175 cm³/mol. The van der Waals surface area contributed by atoms with Crippen LogP contribution >= 0.6 is 0 Å². The molecule has 0 radical (unpaired) electrons. The van der Waals surface area contributed by atoms with Crippen molar-refractivity contribution in [2.24, 2.45) is 0 Å². The molecule has 2 unspecified atom stereocenters. The molecule has 3 fully saturated rings. The smallest absolute Gasteiger partial charge is 0.410 e. The number of nitriles is 1. The molecule has 0 spiro atoms. The fraction of sp³-hybridized carbons (Fsp3) is 0.514. The summed E-state index contributed by atoms with van der Waals surface area (Å²) in [5.74, 6) is 0. The second-order valence-corrected chi connectivity index (χ2v) is 13.5. The van der Waals surface area contributed by atoms with Gasteiger partial charge in [0.15, 0.2) is 0 Å². The van der Waals surface area contributed by atoms with E-state index < -0.39 is 5.60 Å². The molecular weight excluding hydrogens is 550 g/mol. The number of amides is 1. The first kappa shape index (κ1) is 30.2. The van der Waals surface area contributed by atoms with Crippen molar-refractivity contribution in [2.75, 3.05) is 75.2 Å². The summed E-state index contributed by atoms with van der Waals surface area (Å²) >= 11 is 0. The summed E-state index contributed by atoms with van der Waals surface area (Å²) in [6.45, 7) is 17.3. The van der Waals surface area contributed by atoms with Crippen LogP contribution in [0, 0.1) is 11.3 Å². The molecule has 232 valence electrons. The zero-order chi connectivity index (χ0) is 30.8. The highest BCUT2D eigenvalue weighted by Crippen LogP contribution is 2.32. The van der Waals surface area contributed by atoms with Gasteiger partial charge in [-0.15, -0.1) is 0 Å². The second-order valence-electron chi connectivity index (χ2n) is 13.5. The van der Waals surface area contributed by atoms with Crippen molar-refractivity contribution in [3.8, 4) is 6.07 Å². The van der Waals surface area contributed by atoms with Gasteiger partial charge in [0.1, 0.15) is 11.7 Å². The van der Waals surface area contributed by atoms with Crippen LogP contribution in [-0.4, -0.2) is 109 Å². The van der Waals surface area contributed by atoms with Gasteiger partial charge in [-0.25, -0.2) is 4.79 Å². The molecule has 0 saturated carbocycles. The zero-order valence-electron chi connectivity index (χ0n) is 26.6. The molecule has 3 aliphatic heterocycles. The summed E-state index contributed by atoms with van der Waals surface area (Å²) in [5, 5.41) is 10.7. The van der Waals surface area contributed by atoms with Gasteiger partial charge in [0.25, 0.3) is 0 Å².